The van der Waals surface area contributed by atoms with E-state index in [0.717, 1.165) is 12.2 Å². The van der Waals surface area contributed by atoms with Crippen molar-refractivity contribution in [2.24, 2.45) is 11.8 Å². The van der Waals surface area contributed by atoms with Gasteiger partial charge in [-0.05, 0) is 24.3 Å². The van der Waals surface area contributed by atoms with Crippen LogP contribution in [0.4, 0.5) is 4.79 Å². The Morgan fingerprint density at radius 1 is 1.47 bits per heavy atom. The van der Waals surface area contributed by atoms with E-state index in [1.165, 1.54) is 0 Å². The molecule has 0 aromatic heterocycles. The van der Waals surface area contributed by atoms with Gasteiger partial charge in [0.1, 0.15) is 0 Å². The van der Waals surface area contributed by atoms with Crippen molar-refractivity contribution < 1.29 is 14.7 Å². The molecule has 2 N–H and O–H groups in total. The van der Waals surface area contributed by atoms with Crippen molar-refractivity contribution in [3.63, 3.8) is 0 Å². The zero-order valence-corrected chi connectivity index (χ0v) is 11.1. The van der Waals surface area contributed by atoms with Crippen molar-refractivity contribution in [3.05, 3.63) is 0 Å². The van der Waals surface area contributed by atoms with E-state index >= 15 is 0 Å². The maximum absolute atomic E-state index is 11.7. The summed E-state index contributed by atoms with van der Waals surface area (Å²) in [5, 5.41) is 11.8. The van der Waals surface area contributed by atoms with Gasteiger partial charge in [0.25, 0.3) is 0 Å². The van der Waals surface area contributed by atoms with Gasteiger partial charge in [-0.2, -0.15) is 11.8 Å². The summed E-state index contributed by atoms with van der Waals surface area (Å²) in [5.41, 5.74) is 0. The van der Waals surface area contributed by atoms with Crippen LogP contribution in [0.15, 0.2) is 0 Å². The fraction of sp³-hybridized carbons (Fsp3) is 0.818. The predicted octanol–water partition coefficient (Wildman–Crippen LogP) is 1.10. The van der Waals surface area contributed by atoms with E-state index in [4.69, 9.17) is 5.11 Å². The van der Waals surface area contributed by atoms with Gasteiger partial charge >= 0.3 is 12.0 Å². The van der Waals surface area contributed by atoms with Gasteiger partial charge < -0.3 is 15.3 Å². The first-order valence-corrected chi connectivity index (χ1v) is 7.20. The van der Waals surface area contributed by atoms with Crippen LogP contribution in [0.2, 0.25) is 0 Å². The van der Waals surface area contributed by atoms with Crippen molar-refractivity contribution in [1.82, 2.24) is 10.2 Å². The van der Waals surface area contributed by atoms with Gasteiger partial charge in [0, 0.05) is 19.6 Å². The Labute approximate surface area is 106 Å². The molecular formula is C11H20N2O3S. The van der Waals surface area contributed by atoms with Gasteiger partial charge in [-0.25, -0.2) is 4.79 Å². The molecule has 5 nitrogen and oxygen atoms in total. The highest BCUT2D eigenvalue weighted by Crippen LogP contribution is 2.22. The summed E-state index contributed by atoms with van der Waals surface area (Å²) in [6.45, 7) is 3.39. The fourth-order valence-corrected chi connectivity index (χ4v) is 2.41. The van der Waals surface area contributed by atoms with Crippen LogP contribution in [0.1, 0.15) is 13.3 Å². The lowest BCUT2D eigenvalue weighted by molar-refractivity contribution is -0.142. The highest BCUT2D eigenvalue weighted by molar-refractivity contribution is 7.98. The molecule has 1 aliphatic rings. The predicted molar refractivity (Wildman–Crippen MR) is 68.3 cm³/mol. The van der Waals surface area contributed by atoms with Crippen LogP contribution in [0.3, 0.4) is 0 Å². The van der Waals surface area contributed by atoms with E-state index in [0.29, 0.717) is 19.6 Å². The summed E-state index contributed by atoms with van der Waals surface area (Å²) >= 11 is 1.75. The van der Waals surface area contributed by atoms with Crippen LogP contribution in [0.25, 0.3) is 0 Å². The number of carboxylic acid groups (broad SMARTS) is 1. The smallest absolute Gasteiger partial charge is 0.317 e. The van der Waals surface area contributed by atoms with Crippen LogP contribution in [0.5, 0.6) is 0 Å². The van der Waals surface area contributed by atoms with Crippen LogP contribution < -0.4 is 5.32 Å². The molecule has 1 fully saturated rings. The minimum atomic E-state index is -0.810. The zero-order chi connectivity index (χ0) is 12.8. The molecule has 98 valence electrons. The number of hydrogen-bond acceptors (Lipinski definition) is 3. The molecule has 1 heterocycles. The number of carboxylic acids is 1. The molecule has 1 rings (SSSR count). The molecule has 0 bridgehead atoms. The second-order valence-corrected chi connectivity index (χ2v) is 5.39. The molecule has 0 aliphatic carbocycles. The molecule has 0 radical (unpaired) electrons. The second kappa shape index (κ2) is 6.74. The largest absolute Gasteiger partial charge is 0.481 e. The number of likely N-dealkylation sites (tertiary alicyclic amines) is 1. The van der Waals surface area contributed by atoms with Gasteiger partial charge in [0.05, 0.1) is 5.92 Å². The Morgan fingerprint density at radius 3 is 2.71 bits per heavy atom. The first-order chi connectivity index (χ1) is 8.06. The molecule has 0 aromatic carbocycles. The van der Waals surface area contributed by atoms with Crippen LogP contribution in [-0.2, 0) is 4.79 Å². The van der Waals surface area contributed by atoms with E-state index < -0.39 is 11.9 Å². The van der Waals surface area contributed by atoms with Gasteiger partial charge in [0.2, 0.25) is 0 Å². The molecule has 0 spiro atoms. The van der Waals surface area contributed by atoms with Gasteiger partial charge in [0.15, 0.2) is 0 Å². The summed E-state index contributed by atoms with van der Waals surface area (Å²) in [7, 11) is 0. The maximum Gasteiger partial charge on any atom is 0.317 e. The molecule has 2 atom stereocenters. The average Bonchev–Trinajstić information content (AvgIpc) is 2.66. The van der Waals surface area contributed by atoms with E-state index in [2.05, 4.69) is 5.32 Å². The number of aliphatic carboxylic acids is 1. The summed E-state index contributed by atoms with van der Waals surface area (Å²) < 4.78 is 0. The molecule has 0 saturated carbocycles. The molecule has 2 amide bonds. The lowest BCUT2D eigenvalue weighted by Gasteiger charge is -2.16. The van der Waals surface area contributed by atoms with Gasteiger partial charge in [-0.3, -0.25) is 4.79 Å². The quantitative estimate of drug-likeness (QED) is 0.726. The molecule has 1 saturated heterocycles. The third-order valence-corrected chi connectivity index (χ3v) is 3.72. The number of thioether (sulfide) groups is 1. The summed E-state index contributed by atoms with van der Waals surface area (Å²) in [6, 6.07) is -0.137. The number of carbonyl (C=O) groups excluding carboxylic acids is 1. The maximum atomic E-state index is 11.7. The Balaban J connectivity index is 2.32. The number of rotatable bonds is 5. The summed E-state index contributed by atoms with van der Waals surface area (Å²) in [6.07, 6.45) is 2.97. The highest BCUT2D eigenvalue weighted by Gasteiger charge is 2.36. The van der Waals surface area contributed by atoms with E-state index in [-0.39, 0.29) is 11.9 Å². The van der Waals surface area contributed by atoms with Crippen molar-refractivity contribution in [3.8, 4) is 0 Å². The Morgan fingerprint density at radius 2 is 2.18 bits per heavy atom. The van der Waals surface area contributed by atoms with Crippen LogP contribution >= 0.6 is 11.8 Å². The molecular weight excluding hydrogens is 240 g/mol. The molecule has 1 aliphatic heterocycles. The lowest BCUT2D eigenvalue weighted by Crippen LogP contribution is -2.39. The Kier molecular flexibility index (Phi) is 5.61. The zero-order valence-electron chi connectivity index (χ0n) is 10.3. The molecule has 6 heteroatoms. The second-order valence-electron chi connectivity index (χ2n) is 4.41. The van der Waals surface area contributed by atoms with Crippen LogP contribution in [0, 0.1) is 11.8 Å². The highest BCUT2D eigenvalue weighted by atomic mass is 32.2. The first-order valence-electron chi connectivity index (χ1n) is 5.80. The SMILES string of the molecule is CSCCCNC(=O)N1C[C@@H](C)[C@H](C(=O)O)C1. The monoisotopic (exact) mass is 260 g/mol. The lowest BCUT2D eigenvalue weighted by atomic mass is 9.99. The van der Waals surface area contributed by atoms with Crippen LogP contribution in [-0.4, -0.2) is 53.6 Å². The number of nitrogens with zero attached hydrogens (tertiary/aromatic N) is 1. The number of hydrogen-bond donors (Lipinski definition) is 2. The summed E-state index contributed by atoms with van der Waals surface area (Å²) in [4.78, 5) is 24.3. The minimum Gasteiger partial charge on any atom is -0.481 e. The fourth-order valence-electron chi connectivity index (χ4n) is 1.98. The number of urea groups is 1. The third kappa shape index (κ3) is 4.11. The normalized spacial score (nSPS) is 23.8. The van der Waals surface area contributed by atoms with E-state index in [1.807, 2.05) is 13.2 Å². The van der Waals surface area contributed by atoms with Gasteiger partial charge in [-0.15, -0.1) is 0 Å². The molecule has 0 aromatic rings. The van der Waals surface area contributed by atoms with E-state index in [1.54, 1.807) is 16.7 Å². The minimum absolute atomic E-state index is 0.0319. The average molecular weight is 260 g/mol. The summed E-state index contributed by atoms with van der Waals surface area (Å²) in [5.74, 6) is -0.180. The van der Waals surface area contributed by atoms with Crippen molar-refractivity contribution in [1.29, 1.82) is 0 Å². The Hall–Kier alpha value is -0.910. The molecule has 0 unspecified atom stereocenters. The van der Waals surface area contributed by atoms with Crippen molar-refractivity contribution in [2.75, 3.05) is 31.6 Å². The number of amides is 2. The van der Waals surface area contributed by atoms with E-state index in [9.17, 15) is 9.59 Å². The number of carbonyl (C=O) groups is 2. The van der Waals surface area contributed by atoms with Crippen molar-refractivity contribution in [2.45, 2.75) is 13.3 Å². The number of nitrogens with one attached hydrogen (secondary N) is 1. The first kappa shape index (κ1) is 14.2. The van der Waals surface area contributed by atoms with Gasteiger partial charge in [-0.1, -0.05) is 6.92 Å². The standard InChI is InChI=1S/C11H20N2O3S/c1-8-6-13(7-9(8)10(14)15)11(16)12-4-3-5-17-2/h8-9H,3-7H2,1-2H3,(H,12,16)(H,14,15)/t8-,9-/m1/s1. The topological polar surface area (TPSA) is 69.6 Å². The molecule has 17 heavy (non-hydrogen) atoms. The van der Waals surface area contributed by atoms with Crippen molar-refractivity contribution >= 4 is 23.8 Å². The Bertz CT molecular complexity index is 286. The third-order valence-electron chi connectivity index (χ3n) is 3.02.